The average Bonchev–Trinajstić information content (AvgIpc) is 3.38. The third kappa shape index (κ3) is 6.40. The minimum atomic E-state index is -4.43. The van der Waals surface area contributed by atoms with Crippen LogP contribution < -0.4 is 14.9 Å². The smallest absolute Gasteiger partial charge is 0.383 e. The molecule has 204 valence electrons. The van der Waals surface area contributed by atoms with E-state index in [4.69, 9.17) is 4.74 Å². The van der Waals surface area contributed by atoms with Crippen molar-refractivity contribution in [3.05, 3.63) is 77.4 Å². The molecule has 1 atom stereocenters. The van der Waals surface area contributed by atoms with Crippen LogP contribution in [-0.4, -0.2) is 45.2 Å². The molecule has 13 heteroatoms. The molecule has 0 unspecified atom stereocenters. The average molecular weight is 554 g/mol. The molecule has 0 aliphatic carbocycles. The third-order valence-electron chi connectivity index (χ3n) is 6.21. The lowest BCUT2D eigenvalue weighted by atomic mass is 10.0. The Morgan fingerprint density at radius 2 is 1.79 bits per heavy atom. The maximum Gasteiger partial charge on any atom is 0.416 e. The Kier molecular flexibility index (Phi) is 8.48. The molecule has 1 aromatic heterocycles. The largest absolute Gasteiger partial charge is 0.416 e. The van der Waals surface area contributed by atoms with Gasteiger partial charge in [-0.25, -0.2) is 23.1 Å². The highest BCUT2D eigenvalue weighted by Crippen LogP contribution is 2.38. The number of methoxy groups -OCH3 is 1. The van der Waals surface area contributed by atoms with Crippen LogP contribution in [0.4, 0.5) is 29.2 Å². The molecule has 3 aromatic rings. The van der Waals surface area contributed by atoms with Gasteiger partial charge in [0.05, 0.1) is 23.1 Å². The number of aromatic nitrogens is 2. The van der Waals surface area contributed by atoms with Gasteiger partial charge in [-0.05, 0) is 48.2 Å². The van der Waals surface area contributed by atoms with Gasteiger partial charge in [0.1, 0.15) is 6.33 Å². The number of sulfonamides is 1. The fourth-order valence-corrected chi connectivity index (χ4v) is 5.29. The number of ether oxygens (including phenoxy) is 1. The second-order valence-electron chi connectivity index (χ2n) is 8.72. The number of rotatable bonds is 10. The highest BCUT2D eigenvalue weighted by molar-refractivity contribution is 7.89. The highest BCUT2D eigenvalue weighted by atomic mass is 32.2. The van der Waals surface area contributed by atoms with E-state index < -0.39 is 27.6 Å². The minimum Gasteiger partial charge on any atom is -0.383 e. The van der Waals surface area contributed by atoms with E-state index in [1.165, 1.54) is 37.7 Å². The molecule has 38 heavy (non-hydrogen) atoms. The van der Waals surface area contributed by atoms with E-state index in [0.29, 0.717) is 24.1 Å². The third-order valence-corrected chi connectivity index (χ3v) is 7.69. The second-order valence-corrected chi connectivity index (χ2v) is 10.5. The lowest BCUT2D eigenvalue weighted by Gasteiger charge is -2.27. The number of alkyl halides is 3. The van der Waals surface area contributed by atoms with Gasteiger partial charge >= 0.3 is 6.18 Å². The Hall–Kier alpha value is -3.29. The van der Waals surface area contributed by atoms with Crippen LogP contribution in [0.3, 0.4) is 0 Å². The minimum absolute atomic E-state index is 0.0361. The number of anilines is 2. The number of benzene rings is 2. The molecule has 0 bridgehead atoms. The molecule has 2 aromatic carbocycles. The van der Waals surface area contributed by atoms with Crippen LogP contribution in [0.1, 0.15) is 35.6 Å². The van der Waals surface area contributed by atoms with Gasteiger partial charge in [-0.2, -0.15) is 17.6 Å². The Bertz CT molecular complexity index is 1340. The van der Waals surface area contributed by atoms with Crippen molar-refractivity contribution in [1.29, 1.82) is 0 Å². The van der Waals surface area contributed by atoms with E-state index in [-0.39, 0.29) is 42.3 Å². The summed E-state index contributed by atoms with van der Waals surface area (Å²) in [5.74, 6) is -0.646. The van der Waals surface area contributed by atoms with Crippen LogP contribution in [-0.2, 0) is 27.5 Å². The van der Waals surface area contributed by atoms with E-state index in [0.717, 1.165) is 18.6 Å². The summed E-state index contributed by atoms with van der Waals surface area (Å²) >= 11 is 0. The highest BCUT2D eigenvalue weighted by Gasteiger charge is 2.33. The number of hydrogen-bond donors (Lipinski definition) is 2. The van der Waals surface area contributed by atoms with Crippen LogP contribution in [0.5, 0.6) is 0 Å². The van der Waals surface area contributed by atoms with Crippen LogP contribution >= 0.6 is 0 Å². The molecule has 2 N–H and O–H groups in total. The lowest BCUT2D eigenvalue weighted by molar-refractivity contribution is -0.137. The molecule has 0 amide bonds. The van der Waals surface area contributed by atoms with Gasteiger partial charge in [0, 0.05) is 26.7 Å². The zero-order chi connectivity index (χ0) is 27.3. The van der Waals surface area contributed by atoms with Gasteiger partial charge in [-0.1, -0.05) is 24.3 Å². The molecule has 1 saturated heterocycles. The van der Waals surface area contributed by atoms with Gasteiger partial charge in [-0.3, -0.25) is 0 Å². The molecule has 0 radical (unpaired) electrons. The Labute approximate surface area is 218 Å². The van der Waals surface area contributed by atoms with Crippen molar-refractivity contribution >= 4 is 21.7 Å². The van der Waals surface area contributed by atoms with Crippen molar-refractivity contribution in [2.24, 2.45) is 0 Å². The monoisotopic (exact) mass is 553 g/mol. The summed E-state index contributed by atoms with van der Waals surface area (Å²) in [6.45, 7) is 1.06. The fourth-order valence-electron chi connectivity index (χ4n) is 4.28. The summed E-state index contributed by atoms with van der Waals surface area (Å²) in [5, 5.41) is 2.91. The molecular formula is C25H27F4N5O3S. The Morgan fingerprint density at radius 3 is 2.45 bits per heavy atom. The number of halogens is 4. The normalized spacial score (nSPS) is 16.1. The van der Waals surface area contributed by atoms with E-state index >= 15 is 4.39 Å². The predicted molar refractivity (Wildman–Crippen MR) is 134 cm³/mol. The van der Waals surface area contributed by atoms with Crippen molar-refractivity contribution in [1.82, 2.24) is 14.7 Å². The molecule has 8 nitrogen and oxygen atoms in total. The van der Waals surface area contributed by atoms with E-state index in [2.05, 4.69) is 20.0 Å². The first-order valence-electron chi connectivity index (χ1n) is 11.9. The number of nitrogens with zero attached hydrogens (tertiary/aromatic N) is 3. The summed E-state index contributed by atoms with van der Waals surface area (Å²) in [4.78, 5) is 9.94. The maximum absolute atomic E-state index is 15.4. The van der Waals surface area contributed by atoms with Gasteiger partial charge in [0.15, 0.2) is 11.6 Å². The predicted octanol–water partition coefficient (Wildman–Crippen LogP) is 4.51. The molecule has 0 spiro atoms. The Balaban J connectivity index is 1.45. The van der Waals surface area contributed by atoms with Crippen molar-refractivity contribution in [2.45, 2.75) is 36.5 Å². The van der Waals surface area contributed by atoms with E-state index in [1.807, 2.05) is 0 Å². The first-order chi connectivity index (χ1) is 18.1. The SMILES string of the molecule is COCCNS(=O)(=O)c1ccc(CNc2ncnc(N3CCC[C@@H]3c3ccc(C(F)(F)F)cc3)c2F)cc1. The van der Waals surface area contributed by atoms with Crippen molar-refractivity contribution in [3.8, 4) is 0 Å². The van der Waals surface area contributed by atoms with Crippen LogP contribution in [0.25, 0.3) is 0 Å². The molecule has 1 aliphatic heterocycles. The van der Waals surface area contributed by atoms with E-state index in [1.54, 1.807) is 17.0 Å². The van der Waals surface area contributed by atoms with Gasteiger partial charge in [0.2, 0.25) is 15.8 Å². The van der Waals surface area contributed by atoms with Gasteiger partial charge in [0.25, 0.3) is 0 Å². The topological polar surface area (TPSA) is 96.4 Å². The molecule has 1 fully saturated rings. The number of hydrogen-bond acceptors (Lipinski definition) is 7. The summed E-state index contributed by atoms with van der Waals surface area (Å²) in [7, 11) is -2.19. The quantitative estimate of drug-likeness (QED) is 0.282. The van der Waals surface area contributed by atoms with Crippen molar-refractivity contribution < 1.29 is 30.7 Å². The maximum atomic E-state index is 15.4. The van der Waals surface area contributed by atoms with E-state index in [9.17, 15) is 21.6 Å². The first-order valence-corrected chi connectivity index (χ1v) is 13.3. The summed E-state index contributed by atoms with van der Waals surface area (Å²) in [5.41, 5.74) is 0.609. The Morgan fingerprint density at radius 1 is 1.08 bits per heavy atom. The zero-order valence-electron chi connectivity index (χ0n) is 20.5. The second kappa shape index (κ2) is 11.6. The molecule has 4 rings (SSSR count). The van der Waals surface area contributed by atoms with Crippen molar-refractivity contribution in [3.63, 3.8) is 0 Å². The molecule has 1 aliphatic rings. The molecule has 0 saturated carbocycles. The zero-order valence-corrected chi connectivity index (χ0v) is 21.3. The summed E-state index contributed by atoms with van der Waals surface area (Å²) < 4.78 is 86.1. The lowest BCUT2D eigenvalue weighted by Crippen LogP contribution is -2.27. The van der Waals surface area contributed by atoms with Crippen LogP contribution in [0.15, 0.2) is 59.8 Å². The van der Waals surface area contributed by atoms with Crippen LogP contribution in [0.2, 0.25) is 0 Å². The molecule has 2 heterocycles. The first kappa shape index (κ1) is 27.7. The standard InChI is InChI=1S/C25H27F4N5O3S/c1-37-14-12-33-38(35,36)20-10-4-17(5-11-20)15-30-23-22(26)24(32-16-31-23)34-13-2-3-21(34)18-6-8-19(9-7-18)25(27,28)29/h4-11,16,21,33H,2-3,12-15H2,1H3,(H,30,31,32)/t21-/m1/s1. The molecular weight excluding hydrogens is 526 g/mol. The fraction of sp³-hybridized carbons (Fsp3) is 0.360. The van der Waals surface area contributed by atoms with Crippen LogP contribution in [0, 0.1) is 5.82 Å². The van der Waals surface area contributed by atoms with Gasteiger partial charge < -0.3 is 15.0 Å². The van der Waals surface area contributed by atoms with Gasteiger partial charge in [-0.15, -0.1) is 0 Å². The summed E-state index contributed by atoms with van der Waals surface area (Å²) in [6.07, 6.45) is -1.83. The van der Waals surface area contributed by atoms with Crippen molar-refractivity contribution in [2.75, 3.05) is 37.0 Å². The number of nitrogens with one attached hydrogen (secondary N) is 2. The summed E-state index contributed by atoms with van der Waals surface area (Å²) in [6, 6.07) is 10.7.